The molecule has 0 spiro atoms. The van der Waals surface area contributed by atoms with Gasteiger partial charge in [-0.1, -0.05) is 0 Å². The van der Waals surface area contributed by atoms with Crippen LogP contribution in [0.4, 0.5) is 5.69 Å². The molecule has 8 heteroatoms. The van der Waals surface area contributed by atoms with Gasteiger partial charge in [0.2, 0.25) is 15.9 Å². The third-order valence-electron chi connectivity index (χ3n) is 4.98. The van der Waals surface area contributed by atoms with E-state index < -0.39 is 21.9 Å². The first-order valence-corrected chi connectivity index (χ1v) is 9.90. The van der Waals surface area contributed by atoms with Crippen LogP contribution < -0.4 is 5.32 Å². The Kier molecular flexibility index (Phi) is 4.83. The van der Waals surface area contributed by atoms with Crippen molar-refractivity contribution < 1.29 is 23.1 Å². The minimum Gasteiger partial charge on any atom is -0.481 e. The molecule has 1 saturated heterocycles. The van der Waals surface area contributed by atoms with E-state index >= 15 is 0 Å². The van der Waals surface area contributed by atoms with Crippen LogP contribution in [-0.4, -0.2) is 42.3 Å². The van der Waals surface area contributed by atoms with Crippen LogP contribution in [0.2, 0.25) is 0 Å². The molecule has 2 aliphatic rings. The highest BCUT2D eigenvalue weighted by Crippen LogP contribution is 2.31. The molecule has 0 bridgehead atoms. The largest absolute Gasteiger partial charge is 0.481 e. The maximum absolute atomic E-state index is 13.0. The summed E-state index contributed by atoms with van der Waals surface area (Å²) in [5.41, 5.74) is 1.45. The van der Waals surface area contributed by atoms with Gasteiger partial charge in [0.15, 0.2) is 0 Å². The van der Waals surface area contributed by atoms with Gasteiger partial charge in [0.05, 0.1) is 10.8 Å². The van der Waals surface area contributed by atoms with Crippen molar-refractivity contribution in [1.29, 1.82) is 0 Å². The monoisotopic (exact) mass is 366 g/mol. The zero-order valence-corrected chi connectivity index (χ0v) is 14.9. The van der Waals surface area contributed by atoms with Crippen molar-refractivity contribution >= 4 is 27.6 Å². The summed E-state index contributed by atoms with van der Waals surface area (Å²) in [5.74, 6) is -1.70. The fourth-order valence-electron chi connectivity index (χ4n) is 3.46. The number of sulfonamides is 1. The van der Waals surface area contributed by atoms with Crippen molar-refractivity contribution in [3.63, 3.8) is 0 Å². The number of anilines is 1. The van der Waals surface area contributed by atoms with Crippen molar-refractivity contribution in [2.75, 3.05) is 11.9 Å². The minimum atomic E-state index is -3.78. The van der Waals surface area contributed by atoms with Crippen molar-refractivity contribution in [3.05, 3.63) is 23.8 Å². The third-order valence-corrected chi connectivity index (χ3v) is 6.96. The quantitative estimate of drug-likeness (QED) is 0.849. The van der Waals surface area contributed by atoms with Gasteiger partial charge in [0, 0.05) is 24.7 Å². The Labute approximate surface area is 147 Å². The molecular formula is C17H22N2O5S. The molecule has 2 atom stereocenters. The lowest BCUT2D eigenvalue weighted by Crippen LogP contribution is -2.47. The number of amides is 1. The summed E-state index contributed by atoms with van der Waals surface area (Å²) in [6.45, 7) is 1.80. The number of hydrogen-bond acceptors (Lipinski definition) is 4. The molecule has 1 aromatic carbocycles. The van der Waals surface area contributed by atoms with E-state index in [1.807, 2.05) is 0 Å². The van der Waals surface area contributed by atoms with Crippen LogP contribution >= 0.6 is 0 Å². The topological polar surface area (TPSA) is 104 Å². The molecule has 2 unspecified atom stereocenters. The number of benzene rings is 1. The molecule has 0 aliphatic carbocycles. The van der Waals surface area contributed by atoms with Crippen LogP contribution in [-0.2, 0) is 26.0 Å². The summed E-state index contributed by atoms with van der Waals surface area (Å²) in [6, 6.07) is 4.47. The number of aliphatic carboxylic acids is 1. The normalized spacial score (nSPS) is 24.9. The Morgan fingerprint density at radius 2 is 2.04 bits per heavy atom. The average molecular weight is 366 g/mol. The molecule has 3 rings (SSSR count). The van der Waals surface area contributed by atoms with Crippen LogP contribution in [0.3, 0.4) is 0 Å². The fraction of sp³-hybridized carbons (Fsp3) is 0.529. The molecule has 2 N–H and O–H groups in total. The van der Waals surface area contributed by atoms with Crippen molar-refractivity contribution in [3.8, 4) is 0 Å². The molecule has 25 heavy (non-hydrogen) atoms. The Morgan fingerprint density at radius 3 is 2.76 bits per heavy atom. The first-order chi connectivity index (χ1) is 11.8. The van der Waals surface area contributed by atoms with Gasteiger partial charge in [0.25, 0.3) is 0 Å². The molecular weight excluding hydrogens is 344 g/mol. The number of piperidine rings is 1. The van der Waals surface area contributed by atoms with Crippen LogP contribution in [0.1, 0.15) is 38.2 Å². The molecule has 2 aliphatic heterocycles. The number of rotatable bonds is 3. The van der Waals surface area contributed by atoms with E-state index in [1.165, 1.54) is 10.4 Å². The number of aryl methyl sites for hydroxylation is 1. The lowest BCUT2D eigenvalue weighted by Gasteiger charge is -2.35. The molecule has 7 nitrogen and oxygen atoms in total. The van der Waals surface area contributed by atoms with Crippen LogP contribution in [0.15, 0.2) is 23.1 Å². The maximum atomic E-state index is 13.0. The highest BCUT2D eigenvalue weighted by molar-refractivity contribution is 7.89. The van der Waals surface area contributed by atoms with Crippen molar-refractivity contribution in [2.45, 2.75) is 50.0 Å². The standard InChI is InChI=1S/C17H22N2O5S/c1-11-5-6-13(17(21)22)10-19(11)25(23,24)14-7-8-15-12(9-14)3-2-4-16(20)18-15/h7-9,11,13H,2-6,10H2,1H3,(H,18,20)(H,21,22). The van der Waals surface area contributed by atoms with E-state index in [-0.39, 0.29) is 23.4 Å². The number of hydrogen-bond donors (Lipinski definition) is 2. The Hall–Kier alpha value is -1.93. The summed E-state index contributed by atoms with van der Waals surface area (Å²) >= 11 is 0. The van der Waals surface area contributed by atoms with E-state index in [4.69, 9.17) is 0 Å². The second-order valence-electron chi connectivity index (χ2n) is 6.76. The SMILES string of the molecule is CC1CCC(C(=O)O)CN1S(=O)(=O)c1ccc2c(c1)CCCC(=O)N2. The number of fused-ring (bicyclic) bond motifs is 1. The molecule has 2 heterocycles. The smallest absolute Gasteiger partial charge is 0.307 e. The van der Waals surface area contributed by atoms with Gasteiger partial charge in [-0.3, -0.25) is 9.59 Å². The summed E-state index contributed by atoms with van der Waals surface area (Å²) in [7, 11) is -3.78. The lowest BCUT2D eigenvalue weighted by molar-refractivity contribution is -0.143. The predicted octanol–water partition coefficient (Wildman–Crippen LogP) is 1.84. The van der Waals surface area contributed by atoms with Crippen LogP contribution in [0, 0.1) is 5.92 Å². The summed E-state index contributed by atoms with van der Waals surface area (Å²) in [6.07, 6.45) is 2.73. The van der Waals surface area contributed by atoms with Gasteiger partial charge in [0.1, 0.15) is 0 Å². The minimum absolute atomic E-state index is 0.00729. The molecule has 0 saturated carbocycles. The van der Waals surface area contributed by atoms with E-state index in [9.17, 15) is 23.1 Å². The zero-order chi connectivity index (χ0) is 18.2. The Morgan fingerprint density at radius 1 is 1.28 bits per heavy atom. The average Bonchev–Trinajstić information content (AvgIpc) is 2.74. The van der Waals surface area contributed by atoms with Gasteiger partial charge in [-0.15, -0.1) is 0 Å². The number of carboxylic acid groups (broad SMARTS) is 1. The summed E-state index contributed by atoms with van der Waals surface area (Å²) < 4.78 is 27.4. The number of carbonyl (C=O) groups excluding carboxylic acids is 1. The third kappa shape index (κ3) is 3.55. The predicted molar refractivity (Wildman–Crippen MR) is 91.7 cm³/mol. The highest BCUT2D eigenvalue weighted by atomic mass is 32.2. The first-order valence-electron chi connectivity index (χ1n) is 8.46. The number of carboxylic acids is 1. The second-order valence-corrected chi connectivity index (χ2v) is 8.65. The van der Waals surface area contributed by atoms with E-state index in [1.54, 1.807) is 19.1 Å². The molecule has 1 aromatic rings. The van der Waals surface area contributed by atoms with Crippen molar-refractivity contribution in [1.82, 2.24) is 4.31 Å². The number of nitrogens with one attached hydrogen (secondary N) is 1. The fourth-order valence-corrected chi connectivity index (χ4v) is 5.22. The highest BCUT2D eigenvalue weighted by Gasteiger charge is 2.37. The van der Waals surface area contributed by atoms with Crippen LogP contribution in [0.5, 0.6) is 0 Å². The summed E-state index contributed by atoms with van der Waals surface area (Å²) in [5, 5.41) is 12.0. The van der Waals surface area contributed by atoms with Crippen LogP contribution in [0.25, 0.3) is 0 Å². The lowest BCUT2D eigenvalue weighted by atomic mass is 9.96. The maximum Gasteiger partial charge on any atom is 0.307 e. The second kappa shape index (κ2) is 6.76. The van der Waals surface area contributed by atoms with E-state index in [0.717, 1.165) is 5.56 Å². The molecule has 1 amide bonds. The molecule has 1 fully saturated rings. The molecule has 0 radical (unpaired) electrons. The number of carbonyl (C=O) groups is 2. The molecule has 136 valence electrons. The molecule has 0 aromatic heterocycles. The van der Waals surface area contributed by atoms with E-state index in [0.29, 0.717) is 37.8 Å². The van der Waals surface area contributed by atoms with Crippen molar-refractivity contribution in [2.24, 2.45) is 5.92 Å². The van der Waals surface area contributed by atoms with E-state index in [2.05, 4.69) is 5.32 Å². The van der Waals surface area contributed by atoms with Gasteiger partial charge >= 0.3 is 5.97 Å². The zero-order valence-electron chi connectivity index (χ0n) is 14.1. The Balaban J connectivity index is 1.93. The van der Waals surface area contributed by atoms with Gasteiger partial charge in [-0.25, -0.2) is 8.42 Å². The van der Waals surface area contributed by atoms with Gasteiger partial charge in [-0.05, 0) is 56.4 Å². The van der Waals surface area contributed by atoms with Gasteiger partial charge < -0.3 is 10.4 Å². The van der Waals surface area contributed by atoms with Gasteiger partial charge in [-0.2, -0.15) is 4.31 Å². The first kappa shape index (κ1) is 17.9. The Bertz CT molecular complexity index is 805. The number of nitrogens with zero attached hydrogens (tertiary/aromatic N) is 1. The summed E-state index contributed by atoms with van der Waals surface area (Å²) in [4.78, 5) is 23.0.